The highest BCUT2D eigenvalue weighted by molar-refractivity contribution is 8.06. The molecular formula is C28H28Cl2N2O6S2. The number of thioether (sulfide) groups is 1. The van der Waals surface area contributed by atoms with E-state index in [1.807, 2.05) is 49.4 Å². The number of rotatable bonds is 10. The van der Waals surface area contributed by atoms with E-state index in [9.17, 15) is 18.3 Å². The zero-order valence-electron chi connectivity index (χ0n) is 21.7. The lowest BCUT2D eigenvalue weighted by Crippen LogP contribution is -2.38. The highest BCUT2D eigenvalue weighted by Gasteiger charge is 2.39. The molecule has 2 aliphatic heterocycles. The standard InChI is InChI=1S/C28H28Cl2N2O6S2/c1-17-23(31-28(38-17)19-5-3-2-4-6-19)12-14-37-24-9-7-18(8-10-25(33)34)21-15-32(13-11-20(21)24)40(35,36)26-22(29)16-39-27(26)30/h2-7,9,22H,8,10-16H2,1H3,(H,33,34). The SMILES string of the molecule is Cc1oc(-c2ccccc2)nc1CCOc1ccc(CCC(=O)O)c2c1CCN(S(=O)(=O)C1=C(Cl)SCC1Cl)C2. The van der Waals surface area contributed by atoms with Gasteiger partial charge in [0.1, 0.15) is 16.4 Å². The van der Waals surface area contributed by atoms with Crippen LogP contribution in [0.1, 0.15) is 34.6 Å². The number of carboxylic acids is 1. The molecule has 0 saturated carbocycles. The van der Waals surface area contributed by atoms with Crippen molar-refractivity contribution >= 4 is 51.0 Å². The highest BCUT2D eigenvalue weighted by atomic mass is 35.5. The predicted molar refractivity (Wildman–Crippen MR) is 156 cm³/mol. The number of ether oxygens (including phenoxy) is 1. The maximum atomic E-state index is 13.5. The van der Waals surface area contributed by atoms with Crippen molar-refractivity contribution < 1.29 is 27.5 Å². The van der Waals surface area contributed by atoms with E-state index in [2.05, 4.69) is 4.98 Å². The van der Waals surface area contributed by atoms with Crippen molar-refractivity contribution in [1.82, 2.24) is 9.29 Å². The molecule has 0 amide bonds. The number of aromatic nitrogens is 1. The molecule has 8 nitrogen and oxygen atoms in total. The molecule has 0 saturated heterocycles. The van der Waals surface area contributed by atoms with Gasteiger partial charge in [0.25, 0.3) is 0 Å². The van der Waals surface area contributed by atoms with Gasteiger partial charge in [-0.3, -0.25) is 4.79 Å². The second-order valence-electron chi connectivity index (χ2n) is 9.57. The molecule has 5 rings (SSSR count). The second-order valence-corrected chi connectivity index (χ2v) is 13.6. The van der Waals surface area contributed by atoms with Crippen LogP contribution in [0.5, 0.6) is 5.75 Å². The van der Waals surface area contributed by atoms with Crippen molar-refractivity contribution in [3.05, 3.63) is 79.9 Å². The average molecular weight is 624 g/mol. The first kappa shape index (κ1) is 29.0. The summed E-state index contributed by atoms with van der Waals surface area (Å²) in [4.78, 5) is 16.0. The van der Waals surface area contributed by atoms with Crippen molar-refractivity contribution in [2.75, 3.05) is 18.9 Å². The molecule has 1 atom stereocenters. The Morgan fingerprint density at radius 2 is 1.98 bits per heavy atom. The molecular weight excluding hydrogens is 595 g/mol. The van der Waals surface area contributed by atoms with Crippen molar-refractivity contribution in [1.29, 1.82) is 0 Å². The second kappa shape index (κ2) is 12.2. The van der Waals surface area contributed by atoms with Crippen molar-refractivity contribution in [2.45, 2.75) is 44.5 Å². The number of hydrogen-bond acceptors (Lipinski definition) is 7. The van der Waals surface area contributed by atoms with E-state index in [1.54, 1.807) is 0 Å². The van der Waals surface area contributed by atoms with Crippen LogP contribution in [0.15, 0.2) is 56.2 Å². The molecule has 0 bridgehead atoms. The van der Waals surface area contributed by atoms with Gasteiger partial charge in [-0.1, -0.05) is 35.9 Å². The van der Waals surface area contributed by atoms with Crippen LogP contribution in [0.3, 0.4) is 0 Å². The summed E-state index contributed by atoms with van der Waals surface area (Å²) in [5.74, 6) is 1.42. The van der Waals surface area contributed by atoms with Crippen LogP contribution >= 0.6 is 35.0 Å². The van der Waals surface area contributed by atoms with Crippen LogP contribution in [0, 0.1) is 6.92 Å². The van der Waals surface area contributed by atoms with E-state index >= 15 is 0 Å². The summed E-state index contributed by atoms with van der Waals surface area (Å²) in [6, 6.07) is 13.3. The van der Waals surface area contributed by atoms with E-state index in [0.717, 1.165) is 33.7 Å². The minimum absolute atomic E-state index is 0.0432. The lowest BCUT2D eigenvalue weighted by atomic mass is 9.92. The largest absolute Gasteiger partial charge is 0.493 e. The van der Waals surface area contributed by atoms with E-state index in [-0.39, 0.29) is 35.2 Å². The Labute approximate surface area is 247 Å². The van der Waals surface area contributed by atoms with Gasteiger partial charge in [-0.2, -0.15) is 4.31 Å². The first-order chi connectivity index (χ1) is 19.1. The monoisotopic (exact) mass is 622 g/mol. The van der Waals surface area contributed by atoms with E-state index in [4.69, 9.17) is 32.4 Å². The fraction of sp³-hybridized carbons (Fsp3) is 0.357. The fourth-order valence-electron chi connectivity index (χ4n) is 4.94. The topological polar surface area (TPSA) is 110 Å². The Balaban J connectivity index is 1.36. The minimum Gasteiger partial charge on any atom is -0.493 e. The number of hydrogen-bond donors (Lipinski definition) is 1. The first-order valence-corrected chi connectivity index (χ1v) is 16.1. The van der Waals surface area contributed by atoms with Crippen LogP contribution < -0.4 is 4.74 Å². The van der Waals surface area contributed by atoms with E-state index < -0.39 is 21.4 Å². The summed E-state index contributed by atoms with van der Waals surface area (Å²) >= 11 is 13.8. The Hall–Kier alpha value is -2.50. The Morgan fingerprint density at radius 1 is 1.20 bits per heavy atom. The minimum atomic E-state index is -3.89. The Morgan fingerprint density at radius 3 is 2.67 bits per heavy atom. The van der Waals surface area contributed by atoms with E-state index in [1.165, 1.54) is 16.1 Å². The number of aryl methyl sites for hydroxylation is 2. The van der Waals surface area contributed by atoms with Gasteiger partial charge in [0.05, 0.1) is 22.0 Å². The molecule has 12 heteroatoms. The number of halogens is 2. The highest BCUT2D eigenvalue weighted by Crippen LogP contribution is 2.43. The number of carboxylic acid groups (broad SMARTS) is 1. The molecule has 3 heterocycles. The predicted octanol–water partition coefficient (Wildman–Crippen LogP) is 5.74. The van der Waals surface area contributed by atoms with Crippen LogP contribution in [-0.2, 0) is 40.6 Å². The number of allylic oxidation sites excluding steroid dienone is 1. The van der Waals surface area contributed by atoms with Gasteiger partial charge in [0.2, 0.25) is 15.9 Å². The molecule has 40 heavy (non-hydrogen) atoms. The lowest BCUT2D eigenvalue weighted by Gasteiger charge is -2.31. The summed E-state index contributed by atoms with van der Waals surface area (Å²) in [6.45, 7) is 2.55. The van der Waals surface area contributed by atoms with Gasteiger partial charge >= 0.3 is 5.97 Å². The molecule has 0 radical (unpaired) electrons. The van der Waals surface area contributed by atoms with Gasteiger partial charge in [0, 0.05) is 42.8 Å². The molecule has 3 aromatic rings. The molecule has 212 valence electrons. The van der Waals surface area contributed by atoms with Crippen LogP contribution in [-0.4, -0.2) is 53.1 Å². The molecule has 2 aliphatic rings. The van der Waals surface area contributed by atoms with Crippen molar-refractivity contribution in [3.63, 3.8) is 0 Å². The molecule has 0 spiro atoms. The summed E-state index contributed by atoms with van der Waals surface area (Å²) in [6.07, 6.45) is 1.16. The summed E-state index contributed by atoms with van der Waals surface area (Å²) in [7, 11) is -3.89. The van der Waals surface area contributed by atoms with Gasteiger partial charge in [-0.05, 0) is 49.1 Å². The number of sulfonamides is 1. The number of aliphatic carboxylic acids is 1. The van der Waals surface area contributed by atoms with Gasteiger partial charge < -0.3 is 14.3 Å². The van der Waals surface area contributed by atoms with E-state index in [0.29, 0.717) is 36.8 Å². The Kier molecular flexibility index (Phi) is 8.82. The molecule has 0 aliphatic carbocycles. The normalized spacial score (nSPS) is 17.7. The summed E-state index contributed by atoms with van der Waals surface area (Å²) < 4.78 is 40.6. The maximum Gasteiger partial charge on any atom is 0.303 e. The number of nitrogens with zero attached hydrogens (tertiary/aromatic N) is 2. The first-order valence-electron chi connectivity index (χ1n) is 12.8. The number of oxazole rings is 1. The summed E-state index contributed by atoms with van der Waals surface area (Å²) in [5.41, 5.74) is 4.15. The van der Waals surface area contributed by atoms with Gasteiger partial charge in [-0.25, -0.2) is 13.4 Å². The number of carbonyl (C=O) groups is 1. The molecule has 1 N–H and O–H groups in total. The Bertz CT molecular complexity index is 1560. The van der Waals surface area contributed by atoms with Gasteiger partial charge in [-0.15, -0.1) is 23.4 Å². The molecule has 1 unspecified atom stereocenters. The van der Waals surface area contributed by atoms with Crippen molar-refractivity contribution in [2.24, 2.45) is 0 Å². The maximum absolute atomic E-state index is 13.5. The van der Waals surface area contributed by atoms with Crippen LogP contribution in [0.25, 0.3) is 11.5 Å². The van der Waals surface area contributed by atoms with Gasteiger partial charge in [0.15, 0.2) is 0 Å². The van der Waals surface area contributed by atoms with Crippen LogP contribution in [0.2, 0.25) is 0 Å². The van der Waals surface area contributed by atoms with Crippen LogP contribution in [0.4, 0.5) is 0 Å². The smallest absolute Gasteiger partial charge is 0.303 e. The molecule has 2 aromatic carbocycles. The lowest BCUT2D eigenvalue weighted by molar-refractivity contribution is -0.136. The quantitative estimate of drug-likeness (QED) is 0.285. The number of fused-ring (bicyclic) bond motifs is 1. The third-order valence-corrected chi connectivity index (χ3v) is 11.5. The summed E-state index contributed by atoms with van der Waals surface area (Å²) in [5, 5.41) is 8.57. The average Bonchev–Trinajstić information content (AvgIpc) is 3.48. The number of alkyl halides is 1. The third kappa shape index (κ3) is 6.06. The number of benzene rings is 2. The molecule has 1 aromatic heterocycles. The zero-order chi connectivity index (χ0) is 28.4. The molecule has 0 fully saturated rings. The fourth-order valence-corrected chi connectivity index (χ4v) is 9.17. The van der Waals surface area contributed by atoms with Crippen molar-refractivity contribution in [3.8, 4) is 17.2 Å². The zero-order valence-corrected chi connectivity index (χ0v) is 24.9. The third-order valence-electron chi connectivity index (χ3n) is 7.00.